The van der Waals surface area contributed by atoms with Crippen LogP contribution in [0.15, 0.2) is 0 Å². The number of aliphatic hydroxyl groups is 1. The fraction of sp³-hybridized carbons (Fsp3) is 0.923. The number of hydrogen-bond acceptors (Lipinski definition) is 3. The molecule has 0 bridgehead atoms. The predicted molar refractivity (Wildman–Crippen MR) is 68.8 cm³/mol. The second-order valence-electron chi connectivity index (χ2n) is 6.33. The van der Waals surface area contributed by atoms with Crippen molar-refractivity contribution in [1.29, 1.82) is 0 Å². The summed E-state index contributed by atoms with van der Waals surface area (Å²) in [5, 5.41) is 11.8. The van der Waals surface area contributed by atoms with Gasteiger partial charge in [0.1, 0.15) is 0 Å². The monoisotopic (exact) mass is 242 g/mol. The molecule has 0 atom stereocenters. The largest absolute Gasteiger partial charge is 0.396 e. The molecule has 1 aliphatic heterocycles. The van der Waals surface area contributed by atoms with Gasteiger partial charge in [-0.1, -0.05) is 0 Å². The zero-order valence-electron chi connectivity index (χ0n) is 11.7. The Bertz CT molecular complexity index is 269. The van der Waals surface area contributed by atoms with Crippen molar-refractivity contribution in [2.24, 2.45) is 0 Å². The molecule has 1 amide bonds. The van der Waals surface area contributed by atoms with Crippen LogP contribution in [0.1, 0.15) is 47.0 Å². The Kier molecular flexibility index (Phi) is 4.20. The number of nitrogens with one attached hydrogen (secondary N) is 1. The van der Waals surface area contributed by atoms with Crippen LogP contribution in [0, 0.1) is 0 Å². The van der Waals surface area contributed by atoms with E-state index in [1.165, 1.54) is 0 Å². The third-order valence-corrected chi connectivity index (χ3v) is 4.01. The molecule has 0 saturated carbocycles. The van der Waals surface area contributed by atoms with Crippen LogP contribution in [-0.2, 0) is 4.79 Å². The van der Waals surface area contributed by atoms with Crippen LogP contribution < -0.4 is 5.32 Å². The highest BCUT2D eigenvalue weighted by molar-refractivity contribution is 5.76. The van der Waals surface area contributed by atoms with Gasteiger partial charge < -0.3 is 10.4 Å². The third-order valence-electron chi connectivity index (χ3n) is 4.01. The molecule has 0 aromatic carbocycles. The maximum absolute atomic E-state index is 11.5. The Morgan fingerprint density at radius 2 is 1.76 bits per heavy atom. The number of carbonyl (C=O) groups is 1. The maximum Gasteiger partial charge on any atom is 0.222 e. The lowest BCUT2D eigenvalue weighted by molar-refractivity contribution is -0.123. The molecule has 100 valence electrons. The molecule has 0 unspecified atom stereocenters. The van der Waals surface area contributed by atoms with Crippen LogP contribution in [0.4, 0.5) is 0 Å². The van der Waals surface area contributed by atoms with Gasteiger partial charge in [-0.15, -0.1) is 0 Å². The van der Waals surface area contributed by atoms with E-state index in [1.807, 2.05) is 0 Å². The van der Waals surface area contributed by atoms with Crippen molar-refractivity contribution in [2.45, 2.75) is 64.1 Å². The molecule has 0 aromatic rings. The molecule has 1 aliphatic rings. The third kappa shape index (κ3) is 3.42. The average molecular weight is 242 g/mol. The van der Waals surface area contributed by atoms with E-state index in [-0.39, 0.29) is 36.1 Å². The number of likely N-dealkylation sites (tertiary alicyclic amines) is 1. The van der Waals surface area contributed by atoms with Crippen molar-refractivity contribution >= 4 is 5.91 Å². The van der Waals surface area contributed by atoms with Crippen LogP contribution >= 0.6 is 0 Å². The number of hydrogen-bond donors (Lipinski definition) is 2. The second kappa shape index (κ2) is 4.94. The van der Waals surface area contributed by atoms with E-state index in [1.54, 1.807) is 0 Å². The Morgan fingerprint density at radius 1 is 1.29 bits per heavy atom. The predicted octanol–water partition coefficient (Wildman–Crippen LogP) is 1.14. The van der Waals surface area contributed by atoms with E-state index >= 15 is 0 Å². The van der Waals surface area contributed by atoms with E-state index in [0.717, 1.165) is 12.8 Å². The lowest BCUT2D eigenvalue weighted by atomic mass is 9.77. The Labute approximate surface area is 104 Å². The van der Waals surface area contributed by atoms with Gasteiger partial charge in [0.2, 0.25) is 5.91 Å². The van der Waals surface area contributed by atoms with Crippen LogP contribution in [0.2, 0.25) is 0 Å². The number of aliphatic hydroxyl groups excluding tert-OH is 1. The first kappa shape index (κ1) is 14.5. The van der Waals surface area contributed by atoms with Crippen LogP contribution in [0.5, 0.6) is 0 Å². The molecular weight excluding hydrogens is 216 g/mol. The molecule has 0 spiro atoms. The summed E-state index contributed by atoms with van der Waals surface area (Å²) in [6.45, 7) is 8.75. The van der Waals surface area contributed by atoms with Crippen LogP contribution in [0.3, 0.4) is 0 Å². The minimum absolute atomic E-state index is 0.0475. The van der Waals surface area contributed by atoms with Crippen LogP contribution in [0.25, 0.3) is 0 Å². The number of rotatable bonds is 3. The van der Waals surface area contributed by atoms with Crippen molar-refractivity contribution < 1.29 is 9.90 Å². The molecule has 1 rings (SSSR count). The lowest BCUT2D eigenvalue weighted by Crippen LogP contribution is -2.62. The summed E-state index contributed by atoms with van der Waals surface area (Å²) in [6.07, 6.45) is 2.10. The Morgan fingerprint density at radius 3 is 2.18 bits per heavy atom. The van der Waals surface area contributed by atoms with Gasteiger partial charge in [-0.2, -0.15) is 0 Å². The summed E-state index contributed by atoms with van der Waals surface area (Å²) in [5.41, 5.74) is 0.165. The van der Waals surface area contributed by atoms with Gasteiger partial charge >= 0.3 is 0 Å². The van der Waals surface area contributed by atoms with Gasteiger partial charge in [0.15, 0.2) is 0 Å². The van der Waals surface area contributed by atoms with E-state index < -0.39 is 0 Å². The van der Waals surface area contributed by atoms with E-state index in [0.29, 0.717) is 0 Å². The highest BCUT2D eigenvalue weighted by atomic mass is 16.3. The minimum atomic E-state index is -0.0781. The highest BCUT2D eigenvalue weighted by Crippen LogP contribution is 2.36. The Balaban J connectivity index is 2.68. The van der Waals surface area contributed by atoms with Gasteiger partial charge in [0.05, 0.1) is 6.61 Å². The molecule has 0 radical (unpaired) electrons. The van der Waals surface area contributed by atoms with Gasteiger partial charge in [0, 0.05) is 23.5 Å². The highest BCUT2D eigenvalue weighted by Gasteiger charge is 2.43. The molecule has 4 nitrogen and oxygen atoms in total. The van der Waals surface area contributed by atoms with Crippen molar-refractivity contribution in [3.05, 3.63) is 0 Å². The first-order valence-electron chi connectivity index (χ1n) is 6.33. The molecule has 1 heterocycles. The summed E-state index contributed by atoms with van der Waals surface area (Å²) in [6, 6.07) is 0.204. The smallest absolute Gasteiger partial charge is 0.222 e. The first-order valence-corrected chi connectivity index (χ1v) is 6.33. The zero-order valence-corrected chi connectivity index (χ0v) is 11.7. The summed E-state index contributed by atoms with van der Waals surface area (Å²) < 4.78 is 0. The SMILES string of the molecule is CN1C(C)(C)CC(NC(=O)CCO)CC1(C)C. The molecule has 2 N–H and O–H groups in total. The summed E-state index contributed by atoms with van der Waals surface area (Å²) >= 11 is 0. The quantitative estimate of drug-likeness (QED) is 0.780. The fourth-order valence-electron chi connectivity index (χ4n) is 2.87. The van der Waals surface area contributed by atoms with Gasteiger partial charge in [-0.05, 0) is 47.6 Å². The maximum atomic E-state index is 11.5. The Hall–Kier alpha value is -0.610. The number of nitrogens with zero attached hydrogens (tertiary/aromatic N) is 1. The van der Waals surface area contributed by atoms with Crippen molar-refractivity contribution in [3.63, 3.8) is 0 Å². The zero-order chi connectivity index (χ0) is 13.3. The molecule has 4 heteroatoms. The normalized spacial score (nSPS) is 24.6. The molecular formula is C13H26N2O2. The van der Waals surface area contributed by atoms with Crippen molar-refractivity contribution in [2.75, 3.05) is 13.7 Å². The van der Waals surface area contributed by atoms with Gasteiger partial charge in [-0.3, -0.25) is 9.69 Å². The van der Waals surface area contributed by atoms with Crippen molar-refractivity contribution in [3.8, 4) is 0 Å². The van der Waals surface area contributed by atoms with Gasteiger partial charge in [-0.25, -0.2) is 0 Å². The first-order chi connectivity index (χ1) is 7.69. The summed E-state index contributed by atoms with van der Waals surface area (Å²) in [5.74, 6) is -0.0475. The molecule has 0 aromatic heterocycles. The fourth-order valence-corrected chi connectivity index (χ4v) is 2.87. The minimum Gasteiger partial charge on any atom is -0.396 e. The number of carbonyl (C=O) groups excluding carboxylic acids is 1. The molecule has 17 heavy (non-hydrogen) atoms. The second-order valence-corrected chi connectivity index (χ2v) is 6.33. The molecule has 1 saturated heterocycles. The lowest BCUT2D eigenvalue weighted by Gasteiger charge is -2.53. The van der Waals surface area contributed by atoms with Gasteiger partial charge in [0.25, 0.3) is 0 Å². The van der Waals surface area contributed by atoms with Crippen LogP contribution in [-0.4, -0.2) is 46.7 Å². The number of piperidine rings is 1. The van der Waals surface area contributed by atoms with Crippen molar-refractivity contribution in [1.82, 2.24) is 10.2 Å². The molecule has 0 aliphatic carbocycles. The topological polar surface area (TPSA) is 52.6 Å². The standard InChI is InChI=1S/C13H26N2O2/c1-12(2)8-10(14-11(17)6-7-16)9-13(3,4)15(12)5/h10,16H,6-9H2,1-5H3,(H,14,17). The molecule has 1 fully saturated rings. The van der Waals surface area contributed by atoms with E-state index in [4.69, 9.17) is 5.11 Å². The number of amides is 1. The average Bonchev–Trinajstić information content (AvgIpc) is 2.13. The van der Waals surface area contributed by atoms with E-state index in [2.05, 4.69) is 45.0 Å². The summed E-state index contributed by atoms with van der Waals surface area (Å²) in [4.78, 5) is 13.9. The summed E-state index contributed by atoms with van der Waals surface area (Å²) in [7, 11) is 2.14. The van der Waals surface area contributed by atoms with E-state index in [9.17, 15) is 4.79 Å².